The van der Waals surface area contributed by atoms with Crippen LogP contribution in [0.5, 0.6) is 0 Å². The Kier molecular flexibility index (Phi) is 4.93. The van der Waals surface area contributed by atoms with Crippen molar-refractivity contribution in [1.82, 2.24) is 5.43 Å². The Bertz CT molecular complexity index is 306. The Morgan fingerprint density at radius 2 is 1.94 bits per heavy atom. The fourth-order valence-electron chi connectivity index (χ4n) is 1.71. The van der Waals surface area contributed by atoms with Crippen molar-refractivity contribution in [2.45, 2.75) is 38.7 Å². The maximum absolute atomic E-state index is 10.1. The lowest BCUT2D eigenvalue weighted by molar-refractivity contribution is 0.0572. The molecular weight excluding hydrogens is 200 g/mol. The van der Waals surface area contributed by atoms with E-state index in [0.717, 1.165) is 12.0 Å². The molecule has 4 N–H and O–H groups in total. The second-order valence-corrected chi connectivity index (χ2v) is 4.46. The van der Waals surface area contributed by atoms with E-state index in [9.17, 15) is 5.11 Å². The van der Waals surface area contributed by atoms with E-state index in [-0.39, 0.29) is 0 Å². The fourth-order valence-corrected chi connectivity index (χ4v) is 1.71. The van der Waals surface area contributed by atoms with Crippen LogP contribution in [0.1, 0.15) is 37.8 Å². The van der Waals surface area contributed by atoms with E-state index in [1.54, 1.807) is 6.92 Å². The summed E-state index contributed by atoms with van der Waals surface area (Å²) in [5, 5.41) is 10.1. The van der Waals surface area contributed by atoms with Gasteiger partial charge in [-0.25, -0.2) is 0 Å². The van der Waals surface area contributed by atoms with Gasteiger partial charge in [0.05, 0.1) is 0 Å². The van der Waals surface area contributed by atoms with Gasteiger partial charge in [0, 0.05) is 6.54 Å². The predicted octanol–water partition coefficient (Wildman–Crippen LogP) is 1.70. The summed E-state index contributed by atoms with van der Waals surface area (Å²) in [7, 11) is 0. The zero-order valence-electron chi connectivity index (χ0n) is 10.2. The van der Waals surface area contributed by atoms with Crippen LogP contribution < -0.4 is 11.3 Å². The minimum atomic E-state index is -0.905. The predicted molar refractivity (Wildman–Crippen MR) is 66.8 cm³/mol. The molecule has 1 aromatic rings. The second kappa shape index (κ2) is 5.99. The summed E-state index contributed by atoms with van der Waals surface area (Å²) in [5.74, 6) is 5.24. The van der Waals surface area contributed by atoms with E-state index in [4.69, 9.17) is 5.84 Å². The van der Waals surface area contributed by atoms with Crippen molar-refractivity contribution in [3.05, 3.63) is 35.4 Å². The average molecular weight is 222 g/mol. The van der Waals surface area contributed by atoms with Crippen molar-refractivity contribution in [3.8, 4) is 0 Å². The van der Waals surface area contributed by atoms with Gasteiger partial charge in [-0.3, -0.25) is 11.3 Å². The normalized spacial score (nSPS) is 14.8. The molecule has 0 amide bonds. The lowest BCUT2D eigenvalue weighted by atomic mass is 9.94. The third kappa shape index (κ3) is 3.59. The smallest absolute Gasteiger partial charge is 0.101 e. The van der Waals surface area contributed by atoms with Crippen LogP contribution in [0.4, 0.5) is 0 Å². The molecule has 90 valence electrons. The van der Waals surface area contributed by atoms with E-state index in [0.29, 0.717) is 6.54 Å². The highest BCUT2D eigenvalue weighted by Gasteiger charge is 2.21. The SMILES string of the molecule is CCCCc1ccc(C(C)(O)CNN)cc1. The summed E-state index contributed by atoms with van der Waals surface area (Å²) in [6, 6.07) is 8.11. The number of unbranched alkanes of at least 4 members (excludes halogenated alkanes) is 1. The molecule has 1 unspecified atom stereocenters. The van der Waals surface area contributed by atoms with Gasteiger partial charge >= 0.3 is 0 Å². The van der Waals surface area contributed by atoms with Crippen LogP contribution in [0.15, 0.2) is 24.3 Å². The highest BCUT2D eigenvalue weighted by Crippen LogP contribution is 2.20. The molecule has 0 spiro atoms. The molecule has 0 aromatic heterocycles. The van der Waals surface area contributed by atoms with Gasteiger partial charge < -0.3 is 5.11 Å². The van der Waals surface area contributed by atoms with Crippen molar-refractivity contribution in [2.24, 2.45) is 5.84 Å². The Morgan fingerprint density at radius 1 is 1.31 bits per heavy atom. The molecule has 0 heterocycles. The van der Waals surface area contributed by atoms with Crippen LogP contribution in [-0.4, -0.2) is 11.7 Å². The summed E-state index contributed by atoms with van der Waals surface area (Å²) < 4.78 is 0. The third-order valence-corrected chi connectivity index (χ3v) is 2.84. The number of aryl methyl sites for hydroxylation is 1. The zero-order valence-corrected chi connectivity index (χ0v) is 10.2. The molecule has 0 bridgehead atoms. The zero-order chi connectivity index (χ0) is 12.0. The van der Waals surface area contributed by atoms with Gasteiger partial charge in [0.1, 0.15) is 5.60 Å². The van der Waals surface area contributed by atoms with Crippen molar-refractivity contribution in [3.63, 3.8) is 0 Å². The molecule has 0 radical (unpaired) electrons. The van der Waals surface area contributed by atoms with Gasteiger partial charge in [0.2, 0.25) is 0 Å². The molecule has 0 aliphatic heterocycles. The second-order valence-electron chi connectivity index (χ2n) is 4.46. The lowest BCUT2D eigenvalue weighted by Gasteiger charge is -2.23. The highest BCUT2D eigenvalue weighted by molar-refractivity contribution is 5.27. The monoisotopic (exact) mass is 222 g/mol. The number of aliphatic hydroxyl groups is 1. The number of nitrogens with two attached hydrogens (primary N) is 1. The van der Waals surface area contributed by atoms with Gasteiger partial charge in [-0.1, -0.05) is 37.6 Å². The van der Waals surface area contributed by atoms with E-state index >= 15 is 0 Å². The highest BCUT2D eigenvalue weighted by atomic mass is 16.3. The number of rotatable bonds is 6. The quantitative estimate of drug-likeness (QED) is 0.507. The molecule has 3 nitrogen and oxygen atoms in total. The van der Waals surface area contributed by atoms with Gasteiger partial charge in [-0.05, 0) is 30.9 Å². The summed E-state index contributed by atoms with van der Waals surface area (Å²) in [5.41, 5.74) is 3.82. The first kappa shape index (κ1) is 13.2. The molecule has 1 atom stereocenters. The first-order valence-corrected chi connectivity index (χ1v) is 5.85. The molecule has 3 heteroatoms. The van der Waals surface area contributed by atoms with Crippen molar-refractivity contribution in [2.75, 3.05) is 6.54 Å². The third-order valence-electron chi connectivity index (χ3n) is 2.84. The Hall–Kier alpha value is -0.900. The van der Waals surface area contributed by atoms with Crippen LogP contribution in [0, 0.1) is 0 Å². The number of hydrogen-bond donors (Lipinski definition) is 3. The number of hydrazine groups is 1. The maximum Gasteiger partial charge on any atom is 0.101 e. The minimum Gasteiger partial charge on any atom is -0.384 e. The standard InChI is InChI=1S/C13H22N2O/c1-3-4-5-11-6-8-12(9-7-11)13(2,16)10-15-14/h6-9,15-16H,3-5,10,14H2,1-2H3. The first-order valence-electron chi connectivity index (χ1n) is 5.85. The Labute approximate surface area is 97.6 Å². The van der Waals surface area contributed by atoms with Gasteiger partial charge in [0.25, 0.3) is 0 Å². The summed E-state index contributed by atoms with van der Waals surface area (Å²) >= 11 is 0. The summed E-state index contributed by atoms with van der Waals surface area (Å²) in [6.07, 6.45) is 3.52. The molecule has 0 saturated heterocycles. The van der Waals surface area contributed by atoms with E-state index in [2.05, 4.69) is 24.5 Å². The molecule has 0 aliphatic carbocycles. The Balaban J connectivity index is 2.70. The molecule has 1 rings (SSSR count). The van der Waals surface area contributed by atoms with Crippen molar-refractivity contribution in [1.29, 1.82) is 0 Å². The van der Waals surface area contributed by atoms with Crippen LogP contribution in [0.2, 0.25) is 0 Å². The molecule has 0 aliphatic rings. The van der Waals surface area contributed by atoms with E-state index in [1.165, 1.54) is 18.4 Å². The van der Waals surface area contributed by atoms with Gasteiger partial charge in [-0.2, -0.15) is 0 Å². The van der Waals surface area contributed by atoms with E-state index < -0.39 is 5.60 Å². The van der Waals surface area contributed by atoms with Crippen molar-refractivity contribution >= 4 is 0 Å². The van der Waals surface area contributed by atoms with Gasteiger partial charge in [-0.15, -0.1) is 0 Å². The topological polar surface area (TPSA) is 58.3 Å². The summed E-state index contributed by atoms with van der Waals surface area (Å²) in [4.78, 5) is 0. The van der Waals surface area contributed by atoms with E-state index in [1.807, 2.05) is 12.1 Å². The number of hydrogen-bond acceptors (Lipinski definition) is 3. The largest absolute Gasteiger partial charge is 0.384 e. The number of benzene rings is 1. The van der Waals surface area contributed by atoms with Crippen LogP contribution in [0.25, 0.3) is 0 Å². The maximum atomic E-state index is 10.1. The van der Waals surface area contributed by atoms with Crippen LogP contribution in [-0.2, 0) is 12.0 Å². The minimum absolute atomic E-state index is 0.349. The molecular formula is C13H22N2O. The first-order chi connectivity index (χ1) is 7.60. The lowest BCUT2D eigenvalue weighted by Crippen LogP contribution is -2.38. The van der Waals surface area contributed by atoms with Gasteiger partial charge in [0.15, 0.2) is 0 Å². The molecule has 1 aromatic carbocycles. The summed E-state index contributed by atoms with van der Waals surface area (Å²) in [6.45, 7) is 4.29. The van der Waals surface area contributed by atoms with Crippen molar-refractivity contribution < 1.29 is 5.11 Å². The molecule has 0 fully saturated rings. The fraction of sp³-hybridized carbons (Fsp3) is 0.538. The molecule has 0 saturated carbocycles. The Morgan fingerprint density at radius 3 is 2.44 bits per heavy atom. The van der Waals surface area contributed by atoms with Crippen LogP contribution in [0.3, 0.4) is 0 Å². The average Bonchev–Trinajstić information content (AvgIpc) is 2.27. The molecule has 16 heavy (non-hydrogen) atoms. The number of nitrogens with one attached hydrogen (secondary N) is 1. The van der Waals surface area contributed by atoms with Crippen LogP contribution >= 0.6 is 0 Å².